The first kappa shape index (κ1) is 23.4. The molecule has 0 aliphatic carbocycles. The van der Waals surface area contributed by atoms with Gasteiger partial charge in [0.25, 0.3) is 0 Å². The van der Waals surface area contributed by atoms with Gasteiger partial charge in [-0.2, -0.15) is 0 Å². The summed E-state index contributed by atoms with van der Waals surface area (Å²) in [5.41, 5.74) is 3.33. The first-order valence-electron chi connectivity index (χ1n) is 9.59. The maximum absolute atomic E-state index is 13.1. The molecule has 0 saturated heterocycles. The van der Waals surface area contributed by atoms with Gasteiger partial charge in [-0.25, -0.2) is 4.39 Å². The van der Waals surface area contributed by atoms with Gasteiger partial charge < -0.3 is 10.1 Å². The first-order chi connectivity index (χ1) is 13.7. The lowest BCUT2D eigenvalue weighted by molar-refractivity contribution is 0.301. The number of nitrogens with one attached hydrogen (secondary N) is 1. The van der Waals surface area contributed by atoms with Gasteiger partial charge in [0.2, 0.25) is 0 Å². The summed E-state index contributed by atoms with van der Waals surface area (Å²) in [6.45, 7) is 3.32. The second-order valence-corrected chi connectivity index (χ2v) is 7.72. The quantitative estimate of drug-likeness (QED) is 0.350. The molecule has 1 atom stereocenters. The van der Waals surface area contributed by atoms with Crippen LogP contribution in [0.4, 0.5) is 4.39 Å². The summed E-state index contributed by atoms with van der Waals surface area (Å²) in [7, 11) is 0. The fourth-order valence-electron chi connectivity index (χ4n) is 3.16. The molecule has 0 aromatic heterocycles. The predicted molar refractivity (Wildman–Crippen MR) is 123 cm³/mol. The van der Waals surface area contributed by atoms with E-state index >= 15 is 0 Å². The summed E-state index contributed by atoms with van der Waals surface area (Å²) < 4.78 is 20.1. The third-order valence-corrected chi connectivity index (χ3v) is 5.14. The molecule has 0 saturated carbocycles. The van der Waals surface area contributed by atoms with Crippen molar-refractivity contribution in [1.82, 2.24) is 5.32 Å². The van der Waals surface area contributed by atoms with E-state index in [-0.39, 0.29) is 18.2 Å². The van der Waals surface area contributed by atoms with E-state index < -0.39 is 0 Å². The Morgan fingerprint density at radius 1 is 1.00 bits per heavy atom. The highest BCUT2D eigenvalue weighted by molar-refractivity contribution is 9.10. The van der Waals surface area contributed by atoms with Gasteiger partial charge in [-0.3, -0.25) is 0 Å². The molecule has 1 N–H and O–H groups in total. The molecule has 0 spiro atoms. The Morgan fingerprint density at radius 2 is 1.72 bits per heavy atom. The van der Waals surface area contributed by atoms with E-state index in [1.54, 1.807) is 12.1 Å². The van der Waals surface area contributed by atoms with Crippen molar-refractivity contribution in [1.29, 1.82) is 0 Å². The van der Waals surface area contributed by atoms with E-state index in [2.05, 4.69) is 58.5 Å². The molecule has 0 fully saturated rings. The minimum Gasteiger partial charge on any atom is -0.489 e. The fraction of sp³-hybridized carbons (Fsp3) is 0.250. The predicted octanol–water partition coefficient (Wildman–Crippen LogP) is 7.22. The number of ether oxygens (including phenoxy) is 1. The number of hydrogen-bond acceptors (Lipinski definition) is 2. The Labute approximate surface area is 187 Å². The van der Waals surface area contributed by atoms with Gasteiger partial charge in [-0.1, -0.05) is 71.7 Å². The molecule has 5 heteroatoms. The molecule has 3 aromatic carbocycles. The molecule has 0 radical (unpaired) electrons. The van der Waals surface area contributed by atoms with Gasteiger partial charge in [0.05, 0.1) is 0 Å². The third kappa shape index (κ3) is 7.14. The van der Waals surface area contributed by atoms with E-state index in [1.807, 2.05) is 18.2 Å². The molecule has 0 bridgehead atoms. The molecule has 29 heavy (non-hydrogen) atoms. The van der Waals surface area contributed by atoms with Crippen LogP contribution in [0.25, 0.3) is 0 Å². The molecule has 3 rings (SSSR count). The minimum atomic E-state index is -0.236. The van der Waals surface area contributed by atoms with Gasteiger partial charge >= 0.3 is 0 Å². The molecule has 154 valence electrons. The zero-order valence-corrected chi connectivity index (χ0v) is 18.8. The van der Waals surface area contributed by atoms with Gasteiger partial charge in [-0.05, 0) is 47.9 Å². The highest BCUT2D eigenvalue weighted by atomic mass is 79.9. The lowest BCUT2D eigenvalue weighted by atomic mass is 10.0. The van der Waals surface area contributed by atoms with E-state index in [9.17, 15) is 4.39 Å². The lowest BCUT2D eigenvalue weighted by Crippen LogP contribution is -2.21. The van der Waals surface area contributed by atoms with Crippen molar-refractivity contribution in [3.8, 4) is 5.75 Å². The second kappa shape index (κ2) is 12.0. The number of hydrogen-bond donors (Lipinski definition) is 1. The summed E-state index contributed by atoms with van der Waals surface area (Å²) in [6.07, 6.45) is 2.18. The van der Waals surface area contributed by atoms with Crippen LogP contribution in [0.15, 0.2) is 77.3 Å². The van der Waals surface area contributed by atoms with Crippen molar-refractivity contribution in [2.24, 2.45) is 0 Å². The zero-order valence-electron chi connectivity index (χ0n) is 16.4. The Hall–Kier alpha value is -1.88. The Morgan fingerprint density at radius 3 is 2.41 bits per heavy atom. The van der Waals surface area contributed by atoms with E-state index in [0.29, 0.717) is 19.2 Å². The maximum atomic E-state index is 13.1. The van der Waals surface area contributed by atoms with Crippen LogP contribution in [0.5, 0.6) is 5.75 Å². The highest BCUT2D eigenvalue weighted by Gasteiger charge is 2.12. The largest absolute Gasteiger partial charge is 0.489 e. The summed E-state index contributed by atoms with van der Waals surface area (Å²) in [5.74, 6) is 0.600. The standard InChI is InChI=1S/C24H25BrFNO.ClH/c1-2-6-23(19-7-4-3-5-8-19)27-16-20-15-21(25)11-14-24(20)28-17-18-9-12-22(26)13-10-18;/h3-5,7-15,23,27H,2,6,16-17H2,1H3;1H. The maximum Gasteiger partial charge on any atom is 0.124 e. The molecule has 1 unspecified atom stereocenters. The van der Waals surface area contributed by atoms with Gasteiger partial charge in [0.1, 0.15) is 18.2 Å². The zero-order chi connectivity index (χ0) is 19.8. The van der Waals surface area contributed by atoms with Crippen LogP contribution in [0.1, 0.15) is 42.5 Å². The van der Waals surface area contributed by atoms with Gasteiger partial charge in [0, 0.05) is 22.6 Å². The molecule has 2 nitrogen and oxygen atoms in total. The number of halogens is 3. The van der Waals surface area contributed by atoms with Crippen LogP contribution < -0.4 is 10.1 Å². The van der Waals surface area contributed by atoms with Crippen molar-refractivity contribution in [3.05, 3.63) is 99.8 Å². The smallest absolute Gasteiger partial charge is 0.124 e. The molecule has 0 heterocycles. The van der Waals surface area contributed by atoms with E-state index in [0.717, 1.165) is 34.2 Å². The SMILES string of the molecule is CCCC(NCc1cc(Br)ccc1OCc1ccc(F)cc1)c1ccccc1.Cl. The van der Waals surface area contributed by atoms with Crippen molar-refractivity contribution in [2.75, 3.05) is 0 Å². The Bertz CT molecular complexity index is 874. The average Bonchev–Trinajstić information content (AvgIpc) is 2.72. The summed E-state index contributed by atoms with van der Waals surface area (Å²) >= 11 is 3.56. The molecule has 0 amide bonds. The third-order valence-electron chi connectivity index (χ3n) is 4.65. The van der Waals surface area contributed by atoms with E-state index in [4.69, 9.17) is 4.74 Å². The van der Waals surface area contributed by atoms with Crippen molar-refractivity contribution < 1.29 is 9.13 Å². The molecular formula is C24H26BrClFNO. The van der Waals surface area contributed by atoms with Crippen LogP contribution in [-0.2, 0) is 13.2 Å². The summed E-state index contributed by atoms with van der Waals surface area (Å²) in [4.78, 5) is 0. The fourth-order valence-corrected chi connectivity index (χ4v) is 3.57. The van der Waals surface area contributed by atoms with Gasteiger partial charge in [0.15, 0.2) is 0 Å². The van der Waals surface area contributed by atoms with Crippen LogP contribution in [0.3, 0.4) is 0 Å². The monoisotopic (exact) mass is 477 g/mol. The number of rotatable bonds is 9. The Balaban J connectivity index is 0.00000300. The Kier molecular flexibility index (Phi) is 9.65. The second-order valence-electron chi connectivity index (χ2n) is 6.80. The van der Waals surface area contributed by atoms with Gasteiger partial charge in [-0.15, -0.1) is 12.4 Å². The van der Waals surface area contributed by atoms with Crippen LogP contribution in [-0.4, -0.2) is 0 Å². The molecule has 0 aliphatic rings. The van der Waals surface area contributed by atoms with E-state index in [1.165, 1.54) is 17.7 Å². The minimum absolute atomic E-state index is 0. The summed E-state index contributed by atoms with van der Waals surface area (Å²) in [6, 6.07) is 23.3. The van der Waals surface area contributed by atoms with Crippen molar-refractivity contribution in [2.45, 2.75) is 39.0 Å². The molecule has 0 aliphatic heterocycles. The lowest BCUT2D eigenvalue weighted by Gasteiger charge is -2.20. The highest BCUT2D eigenvalue weighted by Crippen LogP contribution is 2.26. The first-order valence-corrected chi connectivity index (χ1v) is 10.4. The normalized spacial score (nSPS) is 11.6. The van der Waals surface area contributed by atoms with Crippen LogP contribution in [0, 0.1) is 5.82 Å². The average molecular weight is 479 g/mol. The number of benzene rings is 3. The molecule has 3 aromatic rings. The van der Waals surface area contributed by atoms with Crippen LogP contribution >= 0.6 is 28.3 Å². The van der Waals surface area contributed by atoms with Crippen LogP contribution in [0.2, 0.25) is 0 Å². The summed E-state index contributed by atoms with van der Waals surface area (Å²) in [5, 5.41) is 3.68. The topological polar surface area (TPSA) is 21.3 Å². The van der Waals surface area contributed by atoms with Crippen molar-refractivity contribution >= 4 is 28.3 Å². The molecular weight excluding hydrogens is 453 g/mol. The van der Waals surface area contributed by atoms with Crippen molar-refractivity contribution in [3.63, 3.8) is 0 Å².